The summed E-state index contributed by atoms with van der Waals surface area (Å²) in [4.78, 5) is 36.7. The topological polar surface area (TPSA) is 128 Å². The number of nitrogens with zero attached hydrogens (tertiary/aromatic N) is 2. The molecule has 0 radical (unpaired) electrons. The van der Waals surface area contributed by atoms with Crippen molar-refractivity contribution in [3.8, 4) is 5.88 Å². The van der Waals surface area contributed by atoms with Crippen LogP contribution in [0, 0.1) is 23.7 Å². The van der Waals surface area contributed by atoms with E-state index in [2.05, 4.69) is 15.7 Å². The van der Waals surface area contributed by atoms with Crippen LogP contribution in [0.15, 0.2) is 12.3 Å². The highest BCUT2D eigenvalue weighted by atomic mass is 16.5. The molecule has 2 aliphatic carbocycles. The normalized spacial score (nSPS) is 24.7. The lowest BCUT2D eigenvalue weighted by molar-refractivity contribution is -0.122. The largest absolute Gasteiger partial charge is 0.477 e. The van der Waals surface area contributed by atoms with Gasteiger partial charge in [-0.25, -0.2) is 4.68 Å². The molecule has 2 aliphatic rings. The van der Waals surface area contributed by atoms with E-state index in [0.29, 0.717) is 24.0 Å². The van der Waals surface area contributed by atoms with E-state index in [1.54, 1.807) is 6.20 Å². The number of amides is 3. The van der Waals surface area contributed by atoms with Crippen molar-refractivity contribution >= 4 is 23.9 Å². The van der Waals surface area contributed by atoms with Crippen LogP contribution >= 0.6 is 0 Å². The zero-order valence-electron chi connectivity index (χ0n) is 21.7. The summed E-state index contributed by atoms with van der Waals surface area (Å²) in [5.41, 5.74) is 5.39. The van der Waals surface area contributed by atoms with Crippen LogP contribution in [0.3, 0.4) is 0 Å². The fraction of sp³-hybridized carbons (Fsp3) is 0.692. The molecule has 1 heterocycles. The maximum atomic E-state index is 13.4. The Balaban J connectivity index is 1.81. The quantitative estimate of drug-likeness (QED) is 0.493. The number of nitrogens with two attached hydrogens (primary N) is 1. The summed E-state index contributed by atoms with van der Waals surface area (Å²) in [6, 6.07) is -0.00473. The van der Waals surface area contributed by atoms with E-state index in [0.717, 1.165) is 38.5 Å². The summed E-state index contributed by atoms with van der Waals surface area (Å²) >= 11 is 0. The van der Waals surface area contributed by atoms with Gasteiger partial charge in [0.2, 0.25) is 17.7 Å². The SMILES string of the molecule is CC(=O)NC(C)(C)/C=C/n1ncc(C(=O)N[C@@H]2CCCCC3C[C@H](C(N)=O)CC32)c1OCC(C)C. The van der Waals surface area contributed by atoms with E-state index < -0.39 is 5.54 Å². The van der Waals surface area contributed by atoms with Crippen LogP contribution in [-0.4, -0.2) is 45.7 Å². The molecule has 2 unspecified atom stereocenters. The third-order valence-electron chi connectivity index (χ3n) is 7.00. The van der Waals surface area contributed by atoms with Gasteiger partial charge in [-0.05, 0) is 56.9 Å². The Hall–Kier alpha value is -2.84. The number of primary amides is 1. The number of aromatic nitrogens is 2. The summed E-state index contributed by atoms with van der Waals surface area (Å²) in [5, 5.41) is 10.5. The van der Waals surface area contributed by atoms with Crippen molar-refractivity contribution < 1.29 is 19.1 Å². The maximum absolute atomic E-state index is 13.4. The van der Waals surface area contributed by atoms with Gasteiger partial charge in [0.1, 0.15) is 5.56 Å². The number of carbonyl (C=O) groups is 3. The monoisotopic (exact) mass is 487 g/mol. The molecule has 0 aromatic carbocycles. The first kappa shape index (κ1) is 26.8. The zero-order chi connectivity index (χ0) is 25.8. The molecule has 4 N–H and O–H groups in total. The number of hydrogen-bond donors (Lipinski definition) is 3. The highest BCUT2D eigenvalue weighted by Gasteiger charge is 2.42. The minimum atomic E-state index is -0.593. The molecule has 2 fully saturated rings. The van der Waals surface area contributed by atoms with Crippen molar-refractivity contribution in [2.45, 2.75) is 84.7 Å². The van der Waals surface area contributed by atoms with Gasteiger partial charge in [-0.15, -0.1) is 0 Å². The fourth-order valence-corrected chi connectivity index (χ4v) is 5.38. The molecule has 0 spiro atoms. The number of nitrogens with one attached hydrogen (secondary N) is 2. The van der Waals surface area contributed by atoms with E-state index in [1.807, 2.05) is 33.8 Å². The Morgan fingerprint density at radius 3 is 2.63 bits per heavy atom. The maximum Gasteiger partial charge on any atom is 0.258 e. The Morgan fingerprint density at radius 1 is 1.26 bits per heavy atom. The second-order valence-electron chi connectivity index (χ2n) is 11.1. The third kappa shape index (κ3) is 7.08. The van der Waals surface area contributed by atoms with Crippen LogP contribution in [0.4, 0.5) is 0 Å². The average Bonchev–Trinajstić information content (AvgIpc) is 3.32. The molecule has 4 atom stereocenters. The molecular formula is C26H41N5O4. The van der Waals surface area contributed by atoms with Gasteiger partial charge >= 0.3 is 0 Å². The first-order valence-corrected chi connectivity index (χ1v) is 12.8. The van der Waals surface area contributed by atoms with Gasteiger partial charge in [0.25, 0.3) is 5.91 Å². The zero-order valence-corrected chi connectivity index (χ0v) is 21.7. The number of ether oxygens (including phenoxy) is 1. The number of rotatable bonds is 9. The summed E-state index contributed by atoms with van der Waals surface area (Å²) in [6.07, 6.45) is 10.7. The van der Waals surface area contributed by atoms with Crippen LogP contribution in [0.5, 0.6) is 5.88 Å². The van der Waals surface area contributed by atoms with Crippen LogP contribution in [-0.2, 0) is 9.59 Å². The smallest absolute Gasteiger partial charge is 0.258 e. The minimum absolute atomic E-state index is 0.00473. The van der Waals surface area contributed by atoms with Gasteiger partial charge in [0.05, 0.1) is 18.3 Å². The van der Waals surface area contributed by atoms with Crippen LogP contribution in [0.25, 0.3) is 6.20 Å². The van der Waals surface area contributed by atoms with Crippen molar-refractivity contribution in [1.82, 2.24) is 20.4 Å². The molecule has 3 amide bonds. The minimum Gasteiger partial charge on any atom is -0.477 e. The van der Waals surface area contributed by atoms with E-state index in [4.69, 9.17) is 10.5 Å². The van der Waals surface area contributed by atoms with Crippen LogP contribution < -0.4 is 21.1 Å². The lowest BCUT2D eigenvalue weighted by atomic mass is 9.87. The Kier molecular flexibility index (Phi) is 8.61. The van der Waals surface area contributed by atoms with Crippen LogP contribution in [0.2, 0.25) is 0 Å². The molecule has 3 rings (SSSR count). The molecule has 194 valence electrons. The number of hydrogen-bond acceptors (Lipinski definition) is 5. The second kappa shape index (κ2) is 11.3. The van der Waals surface area contributed by atoms with E-state index in [-0.39, 0.29) is 41.5 Å². The molecular weight excluding hydrogens is 446 g/mol. The van der Waals surface area contributed by atoms with Gasteiger partial charge < -0.3 is 21.1 Å². The molecule has 2 saturated carbocycles. The highest BCUT2D eigenvalue weighted by molar-refractivity contribution is 5.96. The average molecular weight is 488 g/mol. The van der Waals surface area contributed by atoms with Crippen molar-refractivity contribution in [1.29, 1.82) is 0 Å². The fourth-order valence-electron chi connectivity index (χ4n) is 5.38. The summed E-state index contributed by atoms with van der Waals surface area (Å²) in [6.45, 7) is 9.73. The van der Waals surface area contributed by atoms with Crippen molar-refractivity contribution in [2.24, 2.45) is 29.4 Å². The Morgan fingerprint density at radius 2 is 1.97 bits per heavy atom. The van der Waals surface area contributed by atoms with Crippen molar-refractivity contribution in [3.63, 3.8) is 0 Å². The predicted octanol–water partition coefficient (Wildman–Crippen LogP) is 3.10. The van der Waals surface area contributed by atoms with Crippen molar-refractivity contribution in [2.75, 3.05) is 6.61 Å². The molecule has 1 aromatic rings. The van der Waals surface area contributed by atoms with Gasteiger partial charge in [-0.2, -0.15) is 5.10 Å². The molecule has 1 aromatic heterocycles. The molecule has 0 bridgehead atoms. The van der Waals surface area contributed by atoms with Gasteiger partial charge in [0, 0.05) is 25.1 Å². The molecule has 9 nitrogen and oxygen atoms in total. The second-order valence-corrected chi connectivity index (χ2v) is 11.1. The van der Waals surface area contributed by atoms with E-state index in [9.17, 15) is 14.4 Å². The predicted molar refractivity (Wildman–Crippen MR) is 134 cm³/mol. The number of carbonyl (C=O) groups excluding carboxylic acids is 3. The standard InChI is InChI=1S/C26H41N5O4/c1-16(2)15-35-25-21(14-28-31(25)11-10-26(4,5)30-17(3)32)24(34)29-22-9-7-6-8-18-12-19(23(27)33)13-20(18)22/h10-11,14,16,18-20,22H,6-9,12-13,15H2,1-5H3,(H2,27,33)(H,29,34)(H,30,32)/b11-10+/t18?,19-,20?,22+/m0/s1. The highest BCUT2D eigenvalue weighted by Crippen LogP contribution is 2.44. The Bertz CT molecular complexity index is 952. The first-order chi connectivity index (χ1) is 16.5. The van der Waals surface area contributed by atoms with Crippen LogP contribution in [0.1, 0.15) is 83.5 Å². The van der Waals surface area contributed by atoms with Gasteiger partial charge in [0.15, 0.2) is 0 Å². The third-order valence-corrected chi connectivity index (χ3v) is 7.00. The van der Waals surface area contributed by atoms with E-state index >= 15 is 0 Å². The molecule has 9 heteroatoms. The van der Waals surface area contributed by atoms with E-state index in [1.165, 1.54) is 17.8 Å². The number of fused-ring (bicyclic) bond motifs is 1. The molecule has 35 heavy (non-hydrogen) atoms. The summed E-state index contributed by atoms with van der Waals surface area (Å²) in [7, 11) is 0. The van der Waals surface area contributed by atoms with Gasteiger partial charge in [-0.3, -0.25) is 14.4 Å². The van der Waals surface area contributed by atoms with Gasteiger partial charge in [-0.1, -0.05) is 33.1 Å². The molecule has 0 saturated heterocycles. The lowest BCUT2D eigenvalue weighted by Crippen LogP contribution is -2.41. The van der Waals surface area contributed by atoms with Crippen molar-refractivity contribution in [3.05, 3.63) is 17.8 Å². The first-order valence-electron chi connectivity index (χ1n) is 12.8. The Labute approximate surface area is 208 Å². The lowest BCUT2D eigenvalue weighted by Gasteiger charge is -2.27. The molecule has 0 aliphatic heterocycles. The summed E-state index contributed by atoms with van der Waals surface area (Å²) < 4.78 is 7.56. The summed E-state index contributed by atoms with van der Waals surface area (Å²) in [5.74, 6) is 0.612.